The van der Waals surface area contributed by atoms with Crippen molar-refractivity contribution in [3.63, 3.8) is 0 Å². The number of anilines is 2. The van der Waals surface area contributed by atoms with Gasteiger partial charge in [0.25, 0.3) is 0 Å². The second kappa shape index (κ2) is 15.8. The van der Waals surface area contributed by atoms with Gasteiger partial charge in [-0.25, -0.2) is 18.2 Å². The highest BCUT2D eigenvalue weighted by atomic mass is 32.2. The van der Waals surface area contributed by atoms with Gasteiger partial charge in [-0.05, 0) is 79.6 Å². The number of carbonyl (C=O) groups excluding carboxylic acids is 1. The van der Waals surface area contributed by atoms with Crippen molar-refractivity contribution in [1.82, 2.24) is 24.1 Å². The van der Waals surface area contributed by atoms with E-state index >= 15 is 8.78 Å². The van der Waals surface area contributed by atoms with Crippen molar-refractivity contribution >= 4 is 44.4 Å². The Balaban J connectivity index is 0.985. The predicted molar refractivity (Wildman–Crippen MR) is 209 cm³/mol. The number of halogens is 3. The van der Waals surface area contributed by atoms with Gasteiger partial charge in [0, 0.05) is 80.4 Å². The number of hydrogen-bond donors (Lipinski definition) is 3. The van der Waals surface area contributed by atoms with Gasteiger partial charge in [0.2, 0.25) is 5.78 Å². The fourth-order valence-corrected chi connectivity index (χ4v) is 9.59. The molecule has 0 spiro atoms. The molecule has 3 saturated heterocycles. The topological polar surface area (TPSA) is 142 Å². The summed E-state index contributed by atoms with van der Waals surface area (Å²) in [6.45, 7) is 11.7. The number of piperidine rings is 1. The van der Waals surface area contributed by atoms with Gasteiger partial charge in [-0.3, -0.25) is 24.1 Å². The number of alkyl halides is 1. The Morgan fingerprint density at radius 2 is 1.66 bits per heavy atom. The van der Waals surface area contributed by atoms with Crippen LogP contribution in [0.2, 0.25) is 0 Å². The molecule has 5 heterocycles. The van der Waals surface area contributed by atoms with Crippen molar-refractivity contribution in [1.29, 1.82) is 0 Å². The Bertz CT molecular complexity index is 2200. The molecule has 3 aliphatic rings. The molecule has 0 aliphatic carbocycles. The summed E-state index contributed by atoms with van der Waals surface area (Å²) in [6, 6.07) is 11.0. The summed E-state index contributed by atoms with van der Waals surface area (Å²) in [5, 5.41) is 10.2. The molecule has 3 N–H and O–H groups in total. The van der Waals surface area contributed by atoms with Gasteiger partial charge in [0.1, 0.15) is 23.7 Å². The molecule has 0 bridgehead atoms. The molecule has 2 atom stereocenters. The van der Waals surface area contributed by atoms with E-state index in [1.807, 2.05) is 49.8 Å². The summed E-state index contributed by atoms with van der Waals surface area (Å²) < 4.78 is 72.8. The Kier molecular flexibility index (Phi) is 11.2. The van der Waals surface area contributed by atoms with Gasteiger partial charge in [-0.15, -0.1) is 0 Å². The highest BCUT2D eigenvalue weighted by Gasteiger charge is 2.38. The van der Waals surface area contributed by atoms with E-state index in [9.17, 15) is 27.5 Å². The standard InChI is InChI=1S/C40H48F3N7O5S/c1-40(2,3)37(39(52)53)49-13-10-25(11-14-49)23-47-16-18-48(19-17-47)29-6-4-26(5-7-29)27-20-30-31(22-45-38(30)44-21-27)36(51)34-32(42)8-9-33(35(34)43)46-56(54,55)50-15-12-28(41)24-50/h4-9,20-22,25,28,37,46H,10-19,23-24H2,1-3H3,(H,44,45)(H,52,53). The molecule has 2 unspecified atom stereocenters. The monoisotopic (exact) mass is 795 g/mol. The highest BCUT2D eigenvalue weighted by molar-refractivity contribution is 7.90. The zero-order chi connectivity index (χ0) is 39.9. The SMILES string of the molecule is CC(C)(C)C(C(=O)O)N1CCC(CN2CCN(c3ccc(-c4cnc5[nH]cc(C(=O)c6c(F)ccc(NS(=O)(=O)N7CCC(F)C7)c6F)c5c4)cc3)CC2)CC1. The van der Waals surface area contributed by atoms with Crippen molar-refractivity contribution in [2.24, 2.45) is 11.3 Å². The smallest absolute Gasteiger partial charge is 0.321 e. The maximum atomic E-state index is 15.7. The van der Waals surface area contributed by atoms with E-state index in [0.29, 0.717) is 22.5 Å². The number of nitrogens with one attached hydrogen (secondary N) is 2. The van der Waals surface area contributed by atoms with Gasteiger partial charge in [-0.2, -0.15) is 12.7 Å². The van der Waals surface area contributed by atoms with E-state index in [1.54, 1.807) is 12.3 Å². The first-order valence-electron chi connectivity index (χ1n) is 19.1. The first kappa shape index (κ1) is 39.7. The Hall–Kier alpha value is -4.51. The van der Waals surface area contributed by atoms with Crippen LogP contribution in [0.25, 0.3) is 22.2 Å². The summed E-state index contributed by atoms with van der Waals surface area (Å²) in [5.74, 6) is -3.74. The minimum Gasteiger partial charge on any atom is -0.480 e. The number of hydrogen-bond acceptors (Lipinski definition) is 8. The third-order valence-corrected chi connectivity index (χ3v) is 12.8. The lowest BCUT2D eigenvalue weighted by molar-refractivity contribution is -0.148. The fourth-order valence-electron chi connectivity index (χ4n) is 8.32. The largest absolute Gasteiger partial charge is 0.480 e. The normalized spacial score (nSPS) is 20.1. The van der Waals surface area contributed by atoms with Crippen LogP contribution in [0.4, 0.5) is 24.5 Å². The molecule has 3 fully saturated rings. The number of rotatable bonds is 11. The van der Waals surface area contributed by atoms with E-state index in [0.717, 1.165) is 86.3 Å². The number of fused-ring (bicyclic) bond motifs is 1. The minimum atomic E-state index is -4.34. The number of carboxylic acid groups (broad SMARTS) is 1. The number of H-pyrrole nitrogens is 1. The third-order valence-electron chi connectivity index (χ3n) is 11.3. The molecule has 16 heteroatoms. The van der Waals surface area contributed by atoms with Crippen molar-refractivity contribution in [3.8, 4) is 11.1 Å². The summed E-state index contributed by atoms with van der Waals surface area (Å²) >= 11 is 0. The van der Waals surface area contributed by atoms with Gasteiger partial charge >= 0.3 is 16.2 Å². The summed E-state index contributed by atoms with van der Waals surface area (Å²) in [4.78, 5) is 40.0. The van der Waals surface area contributed by atoms with Crippen molar-refractivity contribution in [2.75, 3.05) is 68.5 Å². The van der Waals surface area contributed by atoms with E-state index in [4.69, 9.17) is 0 Å². The zero-order valence-electron chi connectivity index (χ0n) is 31.8. The highest BCUT2D eigenvalue weighted by Crippen LogP contribution is 2.33. The number of pyridine rings is 1. The van der Waals surface area contributed by atoms with E-state index in [2.05, 4.69) is 24.7 Å². The van der Waals surface area contributed by atoms with Crippen LogP contribution in [0.3, 0.4) is 0 Å². The van der Waals surface area contributed by atoms with Crippen LogP contribution in [-0.4, -0.2) is 120 Å². The van der Waals surface area contributed by atoms with Crippen molar-refractivity contribution in [2.45, 2.75) is 52.2 Å². The van der Waals surface area contributed by atoms with Crippen molar-refractivity contribution < 1.29 is 36.3 Å². The molecule has 300 valence electrons. The number of likely N-dealkylation sites (tertiary alicyclic amines) is 1. The Labute approximate surface area is 324 Å². The zero-order valence-corrected chi connectivity index (χ0v) is 32.6. The van der Waals surface area contributed by atoms with Crippen LogP contribution in [-0.2, 0) is 15.0 Å². The quantitative estimate of drug-likeness (QED) is 0.161. The lowest BCUT2D eigenvalue weighted by Crippen LogP contribution is -2.53. The average molecular weight is 796 g/mol. The minimum absolute atomic E-state index is 0.00864. The van der Waals surface area contributed by atoms with E-state index < -0.39 is 57.1 Å². The number of aromatic amines is 1. The van der Waals surface area contributed by atoms with Crippen LogP contribution in [0.1, 0.15) is 56.0 Å². The number of carboxylic acids is 1. The van der Waals surface area contributed by atoms with Gasteiger partial charge in [0.05, 0.1) is 11.3 Å². The number of aliphatic carboxylic acids is 1. The number of nitrogens with zero attached hydrogens (tertiary/aromatic N) is 5. The van der Waals surface area contributed by atoms with Gasteiger partial charge in [0.15, 0.2) is 5.82 Å². The molecular weight excluding hydrogens is 748 g/mol. The first-order chi connectivity index (χ1) is 26.6. The molecular formula is C40H48F3N7O5S. The second-order valence-corrected chi connectivity index (χ2v) is 17.9. The molecule has 3 aliphatic heterocycles. The number of piperazine rings is 1. The first-order valence-corrected chi connectivity index (χ1v) is 20.5. The number of aromatic nitrogens is 2. The van der Waals surface area contributed by atoms with Crippen LogP contribution in [0.15, 0.2) is 54.9 Å². The van der Waals surface area contributed by atoms with Crippen LogP contribution >= 0.6 is 0 Å². The number of ketones is 1. The summed E-state index contributed by atoms with van der Waals surface area (Å²) in [5.41, 5.74) is 1.00. The van der Waals surface area contributed by atoms with Crippen molar-refractivity contribution in [3.05, 3.63) is 77.6 Å². The fraction of sp³-hybridized carbons (Fsp3) is 0.475. The maximum absolute atomic E-state index is 15.7. The summed E-state index contributed by atoms with van der Waals surface area (Å²) in [7, 11) is -4.34. The Morgan fingerprint density at radius 1 is 0.964 bits per heavy atom. The molecule has 7 rings (SSSR count). The van der Waals surface area contributed by atoms with Crippen LogP contribution in [0.5, 0.6) is 0 Å². The lowest BCUT2D eigenvalue weighted by Gasteiger charge is -2.43. The molecule has 0 saturated carbocycles. The van der Waals surface area contributed by atoms with E-state index in [1.165, 1.54) is 6.20 Å². The van der Waals surface area contributed by atoms with Gasteiger partial charge < -0.3 is 15.0 Å². The van der Waals surface area contributed by atoms with Gasteiger partial charge in [-0.1, -0.05) is 32.9 Å². The predicted octanol–water partition coefficient (Wildman–Crippen LogP) is 5.77. The molecule has 2 aromatic heterocycles. The Morgan fingerprint density at radius 3 is 2.29 bits per heavy atom. The van der Waals surface area contributed by atoms with Crippen LogP contribution in [0, 0.1) is 23.0 Å². The maximum Gasteiger partial charge on any atom is 0.321 e. The third kappa shape index (κ3) is 8.29. The molecule has 0 amide bonds. The van der Waals surface area contributed by atoms with Crippen LogP contribution < -0.4 is 9.62 Å². The van der Waals surface area contributed by atoms with E-state index in [-0.39, 0.29) is 30.5 Å². The molecule has 56 heavy (non-hydrogen) atoms. The molecule has 12 nitrogen and oxygen atoms in total. The average Bonchev–Trinajstić information content (AvgIpc) is 3.80. The number of carbonyl (C=O) groups is 2. The second-order valence-electron chi connectivity index (χ2n) is 16.2. The molecule has 4 aromatic rings. The molecule has 0 radical (unpaired) electrons. The summed E-state index contributed by atoms with van der Waals surface area (Å²) in [6.07, 6.45) is 3.62. The molecule has 2 aromatic carbocycles. The lowest BCUT2D eigenvalue weighted by atomic mass is 9.83. The number of benzene rings is 2.